The molecule has 1 aliphatic rings. The van der Waals surface area contributed by atoms with Crippen LogP contribution < -0.4 is 0 Å². The highest BCUT2D eigenvalue weighted by molar-refractivity contribution is 5.92. The highest BCUT2D eigenvalue weighted by Crippen LogP contribution is 2.19. The second-order valence-corrected chi connectivity index (χ2v) is 5.46. The molecule has 1 atom stereocenters. The number of hydrogen-bond donors (Lipinski definition) is 0. The van der Waals surface area contributed by atoms with Gasteiger partial charge in [0.05, 0.1) is 0 Å². The maximum absolute atomic E-state index is 11.8. The first-order chi connectivity index (χ1) is 7.29. The van der Waals surface area contributed by atoms with Crippen molar-refractivity contribution in [3.63, 3.8) is 0 Å². The SMILES string of the molecule is CC1CCC(=O)N(C(=O)OC(C)(C)C)CC1. The largest absolute Gasteiger partial charge is 0.443 e. The maximum atomic E-state index is 11.8. The molecule has 1 fully saturated rings. The van der Waals surface area contributed by atoms with Crippen LogP contribution in [0.25, 0.3) is 0 Å². The summed E-state index contributed by atoms with van der Waals surface area (Å²) in [5.74, 6) is 0.384. The van der Waals surface area contributed by atoms with Crippen LogP contribution in [0.5, 0.6) is 0 Å². The van der Waals surface area contributed by atoms with E-state index in [4.69, 9.17) is 4.74 Å². The Labute approximate surface area is 96.9 Å². The summed E-state index contributed by atoms with van der Waals surface area (Å²) in [5, 5.41) is 0. The van der Waals surface area contributed by atoms with Crippen molar-refractivity contribution in [2.75, 3.05) is 6.54 Å². The molecule has 1 rings (SSSR count). The Balaban J connectivity index is 2.63. The van der Waals surface area contributed by atoms with Crippen LogP contribution in [0.1, 0.15) is 47.0 Å². The number of carbonyl (C=O) groups is 2. The Morgan fingerprint density at radius 2 is 2.00 bits per heavy atom. The van der Waals surface area contributed by atoms with Crippen LogP contribution in [0, 0.1) is 5.92 Å². The lowest BCUT2D eigenvalue weighted by Crippen LogP contribution is -2.40. The molecule has 0 radical (unpaired) electrons. The number of nitrogens with zero attached hydrogens (tertiary/aromatic N) is 1. The first-order valence-corrected chi connectivity index (χ1v) is 5.83. The van der Waals surface area contributed by atoms with Crippen molar-refractivity contribution in [2.24, 2.45) is 5.92 Å². The van der Waals surface area contributed by atoms with Gasteiger partial charge in [-0.3, -0.25) is 4.79 Å². The quantitative estimate of drug-likeness (QED) is 0.639. The average Bonchev–Trinajstić information content (AvgIpc) is 2.26. The van der Waals surface area contributed by atoms with Crippen LogP contribution in [0.4, 0.5) is 4.79 Å². The molecule has 92 valence electrons. The average molecular weight is 227 g/mol. The summed E-state index contributed by atoms with van der Waals surface area (Å²) in [6, 6.07) is 0. The van der Waals surface area contributed by atoms with Crippen LogP contribution in [-0.4, -0.2) is 29.0 Å². The summed E-state index contributed by atoms with van der Waals surface area (Å²) < 4.78 is 5.20. The first-order valence-electron chi connectivity index (χ1n) is 5.83. The highest BCUT2D eigenvalue weighted by Gasteiger charge is 2.29. The second-order valence-electron chi connectivity index (χ2n) is 5.46. The lowest BCUT2D eigenvalue weighted by Gasteiger charge is -2.25. The van der Waals surface area contributed by atoms with Crippen molar-refractivity contribution in [3.05, 3.63) is 0 Å². The van der Waals surface area contributed by atoms with E-state index in [-0.39, 0.29) is 5.91 Å². The standard InChI is InChI=1S/C12H21NO3/c1-9-5-6-10(14)13(8-7-9)11(15)16-12(2,3)4/h9H,5-8H2,1-4H3. The number of amides is 2. The Hall–Kier alpha value is -1.06. The molecule has 1 aliphatic heterocycles. The number of ether oxygens (including phenoxy) is 1. The molecule has 1 unspecified atom stereocenters. The van der Waals surface area contributed by atoms with Crippen LogP contribution >= 0.6 is 0 Å². The number of hydrogen-bond acceptors (Lipinski definition) is 3. The Kier molecular flexibility index (Phi) is 3.94. The molecule has 16 heavy (non-hydrogen) atoms. The monoisotopic (exact) mass is 227 g/mol. The molecule has 0 N–H and O–H groups in total. The van der Waals surface area contributed by atoms with Crippen molar-refractivity contribution in [1.29, 1.82) is 0 Å². The van der Waals surface area contributed by atoms with Gasteiger partial charge in [-0.1, -0.05) is 6.92 Å². The molecule has 0 aromatic carbocycles. The molecule has 4 nitrogen and oxygen atoms in total. The molecule has 0 spiro atoms. The normalized spacial score (nSPS) is 22.9. The molecular weight excluding hydrogens is 206 g/mol. The van der Waals surface area contributed by atoms with Crippen molar-refractivity contribution in [3.8, 4) is 0 Å². The minimum atomic E-state index is -0.546. The fourth-order valence-electron chi connectivity index (χ4n) is 1.63. The Morgan fingerprint density at radius 3 is 2.56 bits per heavy atom. The van der Waals surface area contributed by atoms with Gasteiger partial charge in [-0.15, -0.1) is 0 Å². The third-order valence-electron chi connectivity index (χ3n) is 2.61. The van der Waals surface area contributed by atoms with Crippen LogP contribution in [0.3, 0.4) is 0 Å². The molecule has 0 aromatic heterocycles. The summed E-state index contributed by atoms with van der Waals surface area (Å²) in [4.78, 5) is 24.7. The number of likely N-dealkylation sites (tertiary alicyclic amines) is 1. The first kappa shape index (κ1) is 13.0. The molecule has 0 saturated carbocycles. The fourth-order valence-corrected chi connectivity index (χ4v) is 1.63. The lowest BCUT2D eigenvalue weighted by molar-refractivity contribution is -0.129. The Bertz CT molecular complexity index is 280. The number of carbonyl (C=O) groups excluding carboxylic acids is 2. The summed E-state index contributed by atoms with van der Waals surface area (Å²) in [5.41, 5.74) is -0.546. The van der Waals surface area contributed by atoms with Crippen molar-refractivity contribution in [2.45, 2.75) is 52.6 Å². The van der Waals surface area contributed by atoms with Crippen LogP contribution in [0.15, 0.2) is 0 Å². The summed E-state index contributed by atoms with van der Waals surface area (Å²) in [6.07, 6.45) is 1.66. The van der Waals surface area contributed by atoms with E-state index in [1.54, 1.807) is 20.8 Å². The molecular formula is C12H21NO3. The molecule has 0 aromatic rings. The van der Waals surface area contributed by atoms with E-state index in [0.29, 0.717) is 18.9 Å². The zero-order chi connectivity index (χ0) is 12.3. The maximum Gasteiger partial charge on any atom is 0.417 e. The van der Waals surface area contributed by atoms with Gasteiger partial charge < -0.3 is 4.74 Å². The number of imide groups is 1. The molecule has 1 heterocycles. The minimum absolute atomic E-state index is 0.112. The summed E-state index contributed by atoms with van der Waals surface area (Å²) in [6.45, 7) is 7.99. The smallest absolute Gasteiger partial charge is 0.417 e. The van der Waals surface area contributed by atoms with Crippen LogP contribution in [0.2, 0.25) is 0 Å². The second kappa shape index (κ2) is 4.85. The molecule has 0 bridgehead atoms. The van der Waals surface area contributed by atoms with Gasteiger partial charge in [0, 0.05) is 13.0 Å². The van der Waals surface area contributed by atoms with Crippen molar-refractivity contribution in [1.82, 2.24) is 4.90 Å². The zero-order valence-electron chi connectivity index (χ0n) is 10.6. The van der Waals surface area contributed by atoms with Gasteiger partial charge in [0.1, 0.15) is 5.60 Å². The topological polar surface area (TPSA) is 46.6 Å². The fraction of sp³-hybridized carbons (Fsp3) is 0.833. The van der Waals surface area contributed by atoms with E-state index in [1.807, 2.05) is 0 Å². The van der Waals surface area contributed by atoms with E-state index < -0.39 is 11.7 Å². The van der Waals surface area contributed by atoms with Gasteiger partial charge in [0.25, 0.3) is 0 Å². The van der Waals surface area contributed by atoms with Gasteiger partial charge >= 0.3 is 6.09 Å². The van der Waals surface area contributed by atoms with E-state index in [1.165, 1.54) is 4.90 Å². The third kappa shape index (κ3) is 3.83. The van der Waals surface area contributed by atoms with Crippen LogP contribution in [-0.2, 0) is 9.53 Å². The molecule has 2 amide bonds. The highest BCUT2D eigenvalue weighted by atomic mass is 16.6. The summed E-state index contributed by atoms with van der Waals surface area (Å²) in [7, 11) is 0. The summed E-state index contributed by atoms with van der Waals surface area (Å²) >= 11 is 0. The van der Waals surface area contributed by atoms with E-state index >= 15 is 0 Å². The Morgan fingerprint density at radius 1 is 1.38 bits per heavy atom. The minimum Gasteiger partial charge on any atom is -0.443 e. The van der Waals surface area contributed by atoms with Gasteiger partial charge in [0.15, 0.2) is 0 Å². The van der Waals surface area contributed by atoms with Gasteiger partial charge in [-0.05, 0) is 39.5 Å². The van der Waals surface area contributed by atoms with E-state index in [0.717, 1.165) is 12.8 Å². The third-order valence-corrected chi connectivity index (χ3v) is 2.61. The van der Waals surface area contributed by atoms with Gasteiger partial charge in [-0.2, -0.15) is 0 Å². The predicted octanol–water partition coefficient (Wildman–Crippen LogP) is 2.57. The van der Waals surface area contributed by atoms with Crippen molar-refractivity contribution >= 4 is 12.0 Å². The van der Waals surface area contributed by atoms with E-state index in [9.17, 15) is 9.59 Å². The van der Waals surface area contributed by atoms with Crippen molar-refractivity contribution < 1.29 is 14.3 Å². The predicted molar refractivity (Wildman–Crippen MR) is 61.0 cm³/mol. The molecule has 1 saturated heterocycles. The van der Waals surface area contributed by atoms with Gasteiger partial charge in [0.2, 0.25) is 5.91 Å². The van der Waals surface area contributed by atoms with Gasteiger partial charge in [-0.25, -0.2) is 9.69 Å². The lowest BCUT2D eigenvalue weighted by atomic mass is 10.0. The number of rotatable bonds is 0. The van der Waals surface area contributed by atoms with E-state index in [2.05, 4.69) is 6.92 Å². The molecule has 0 aliphatic carbocycles. The zero-order valence-corrected chi connectivity index (χ0v) is 10.6. The molecule has 4 heteroatoms.